The van der Waals surface area contributed by atoms with Gasteiger partial charge in [0.1, 0.15) is 29.9 Å². The van der Waals surface area contributed by atoms with Gasteiger partial charge >= 0.3 is 0 Å². The van der Waals surface area contributed by atoms with Crippen LogP contribution in [0.25, 0.3) is 0 Å². The molecule has 0 bridgehead atoms. The van der Waals surface area contributed by atoms with E-state index in [1.807, 2.05) is 0 Å². The van der Waals surface area contributed by atoms with Crippen LogP contribution < -0.4 is 0 Å². The molecule has 19 heavy (non-hydrogen) atoms. The van der Waals surface area contributed by atoms with Crippen molar-refractivity contribution in [3.8, 4) is 0 Å². The van der Waals surface area contributed by atoms with E-state index >= 15 is 0 Å². The first kappa shape index (κ1) is 13.6. The number of halogens is 2. The highest BCUT2D eigenvalue weighted by Gasteiger charge is 2.38. The van der Waals surface area contributed by atoms with Gasteiger partial charge in [0.25, 0.3) is 0 Å². The van der Waals surface area contributed by atoms with Crippen LogP contribution in [0.2, 0.25) is 0 Å². The molecule has 0 saturated heterocycles. The van der Waals surface area contributed by atoms with Gasteiger partial charge in [0.2, 0.25) is 0 Å². The third-order valence-electron chi connectivity index (χ3n) is 2.96. The summed E-state index contributed by atoms with van der Waals surface area (Å²) in [5, 5.41) is 24.0. The summed E-state index contributed by atoms with van der Waals surface area (Å²) in [7, 11) is 0. The quantitative estimate of drug-likeness (QED) is 0.862. The molecule has 2 rings (SSSR count). The minimum absolute atomic E-state index is 0.195. The van der Waals surface area contributed by atoms with Crippen LogP contribution in [0.1, 0.15) is 12.5 Å². The number of benzene rings is 1. The molecule has 0 aliphatic carbocycles. The normalized spacial score (nSPS) is 16.1. The summed E-state index contributed by atoms with van der Waals surface area (Å²) in [6.07, 6.45) is 1.30. The maximum atomic E-state index is 13.8. The van der Waals surface area contributed by atoms with Crippen molar-refractivity contribution in [1.29, 1.82) is 0 Å². The van der Waals surface area contributed by atoms with Crippen molar-refractivity contribution in [1.82, 2.24) is 14.8 Å². The Kier molecular flexibility index (Phi) is 3.59. The molecular formula is C12H13F2N3O2. The van der Waals surface area contributed by atoms with Gasteiger partial charge in [-0.3, -0.25) is 0 Å². The number of hydrogen-bond donors (Lipinski definition) is 2. The van der Waals surface area contributed by atoms with Gasteiger partial charge in [-0.15, -0.1) is 0 Å². The molecule has 0 radical (unpaired) electrons. The molecule has 0 amide bonds. The summed E-state index contributed by atoms with van der Waals surface area (Å²) in [5.41, 5.74) is -2.12. The number of rotatable bonds is 4. The van der Waals surface area contributed by atoms with Crippen LogP contribution in [0, 0.1) is 11.6 Å². The Labute approximate surface area is 108 Å². The van der Waals surface area contributed by atoms with Crippen molar-refractivity contribution in [2.45, 2.75) is 25.2 Å². The lowest BCUT2D eigenvalue weighted by atomic mass is 9.88. The fraction of sp³-hybridized carbons (Fsp3) is 0.333. The molecule has 0 saturated carbocycles. The van der Waals surface area contributed by atoms with E-state index in [-0.39, 0.29) is 12.1 Å². The van der Waals surface area contributed by atoms with Crippen molar-refractivity contribution in [3.05, 3.63) is 48.1 Å². The molecule has 1 heterocycles. The zero-order chi connectivity index (χ0) is 14.0. The molecule has 2 N–H and O–H groups in total. The first-order valence-electron chi connectivity index (χ1n) is 5.62. The van der Waals surface area contributed by atoms with E-state index in [9.17, 15) is 19.0 Å². The van der Waals surface area contributed by atoms with E-state index in [0.29, 0.717) is 6.07 Å². The second-order valence-electron chi connectivity index (χ2n) is 4.32. The average Bonchev–Trinajstić information content (AvgIpc) is 2.81. The van der Waals surface area contributed by atoms with Crippen LogP contribution in [0.15, 0.2) is 30.9 Å². The Morgan fingerprint density at radius 3 is 2.68 bits per heavy atom. The van der Waals surface area contributed by atoms with Crippen LogP contribution in [-0.2, 0) is 12.1 Å². The van der Waals surface area contributed by atoms with Crippen molar-refractivity contribution in [2.75, 3.05) is 0 Å². The molecule has 1 aromatic heterocycles. The van der Waals surface area contributed by atoms with Gasteiger partial charge in [-0.1, -0.05) is 6.07 Å². The SMILES string of the molecule is CC(O)[C@@](O)(Cn1cncn1)c1ccc(F)cc1F. The monoisotopic (exact) mass is 269 g/mol. The van der Waals surface area contributed by atoms with Gasteiger partial charge in [0.05, 0.1) is 12.6 Å². The summed E-state index contributed by atoms with van der Waals surface area (Å²) < 4.78 is 27.9. The smallest absolute Gasteiger partial charge is 0.137 e. The molecule has 5 nitrogen and oxygen atoms in total. The number of aliphatic hydroxyl groups is 2. The highest BCUT2D eigenvalue weighted by molar-refractivity contribution is 5.26. The predicted octanol–water partition coefficient (Wildman–Crippen LogP) is 0.825. The Balaban J connectivity index is 2.43. The Morgan fingerprint density at radius 2 is 2.16 bits per heavy atom. The predicted molar refractivity (Wildman–Crippen MR) is 62.0 cm³/mol. The third-order valence-corrected chi connectivity index (χ3v) is 2.96. The van der Waals surface area contributed by atoms with E-state index in [1.165, 1.54) is 24.3 Å². The lowest BCUT2D eigenvalue weighted by Gasteiger charge is -2.31. The summed E-state index contributed by atoms with van der Waals surface area (Å²) in [4.78, 5) is 3.70. The van der Waals surface area contributed by atoms with Gasteiger partial charge < -0.3 is 10.2 Å². The van der Waals surface area contributed by atoms with Crippen molar-refractivity contribution < 1.29 is 19.0 Å². The van der Waals surface area contributed by atoms with Crippen LogP contribution in [0.5, 0.6) is 0 Å². The summed E-state index contributed by atoms with van der Waals surface area (Å²) in [6, 6.07) is 2.78. The molecule has 2 atom stereocenters. The Bertz CT molecular complexity index is 560. The summed E-state index contributed by atoms with van der Waals surface area (Å²) in [6.45, 7) is 1.12. The zero-order valence-corrected chi connectivity index (χ0v) is 10.2. The minimum atomic E-state index is -1.93. The fourth-order valence-corrected chi connectivity index (χ4v) is 1.84. The first-order chi connectivity index (χ1) is 8.93. The molecule has 102 valence electrons. The van der Waals surface area contributed by atoms with Crippen molar-refractivity contribution >= 4 is 0 Å². The fourth-order valence-electron chi connectivity index (χ4n) is 1.84. The number of aromatic nitrogens is 3. The second kappa shape index (κ2) is 5.02. The molecule has 0 fully saturated rings. The molecule has 0 aliphatic heterocycles. The minimum Gasteiger partial charge on any atom is -0.390 e. The average molecular weight is 269 g/mol. The van der Waals surface area contributed by atoms with E-state index in [2.05, 4.69) is 10.1 Å². The molecule has 0 spiro atoms. The van der Waals surface area contributed by atoms with Gasteiger partial charge in [0, 0.05) is 11.6 Å². The zero-order valence-electron chi connectivity index (χ0n) is 10.2. The van der Waals surface area contributed by atoms with Crippen molar-refractivity contribution in [3.63, 3.8) is 0 Å². The van der Waals surface area contributed by atoms with Crippen molar-refractivity contribution in [2.24, 2.45) is 0 Å². The maximum absolute atomic E-state index is 13.8. The molecule has 1 unspecified atom stereocenters. The Hall–Kier alpha value is -1.86. The van der Waals surface area contributed by atoms with Crippen LogP contribution >= 0.6 is 0 Å². The highest BCUT2D eigenvalue weighted by Crippen LogP contribution is 2.29. The van der Waals surface area contributed by atoms with Gasteiger partial charge in [0.15, 0.2) is 0 Å². The second-order valence-corrected chi connectivity index (χ2v) is 4.32. The molecule has 0 aliphatic rings. The highest BCUT2D eigenvalue weighted by atomic mass is 19.1. The summed E-state index contributed by atoms with van der Waals surface area (Å²) in [5.74, 6) is -1.68. The van der Waals surface area contributed by atoms with Gasteiger partial charge in [-0.25, -0.2) is 18.4 Å². The van der Waals surface area contributed by atoms with E-state index in [4.69, 9.17) is 0 Å². The molecular weight excluding hydrogens is 256 g/mol. The standard InChI is InChI=1S/C12H13F2N3O2/c1-8(18)12(19,5-17-7-15-6-16-17)10-3-2-9(13)4-11(10)14/h2-4,6-8,18-19H,5H2,1H3/t8?,12-/m0/s1. The van der Waals surface area contributed by atoms with Crippen LogP contribution in [-0.4, -0.2) is 31.1 Å². The van der Waals surface area contributed by atoms with E-state index in [1.54, 1.807) is 0 Å². The summed E-state index contributed by atoms with van der Waals surface area (Å²) >= 11 is 0. The number of hydrogen-bond acceptors (Lipinski definition) is 4. The van der Waals surface area contributed by atoms with Crippen LogP contribution in [0.3, 0.4) is 0 Å². The lowest BCUT2D eigenvalue weighted by molar-refractivity contribution is -0.0874. The molecule has 1 aromatic carbocycles. The Morgan fingerprint density at radius 1 is 1.42 bits per heavy atom. The number of aliphatic hydroxyl groups excluding tert-OH is 1. The van der Waals surface area contributed by atoms with E-state index in [0.717, 1.165) is 12.1 Å². The lowest BCUT2D eigenvalue weighted by Crippen LogP contribution is -2.42. The maximum Gasteiger partial charge on any atom is 0.137 e. The topological polar surface area (TPSA) is 71.2 Å². The third kappa shape index (κ3) is 2.61. The molecule has 7 heteroatoms. The number of nitrogens with zero attached hydrogens (tertiary/aromatic N) is 3. The van der Waals surface area contributed by atoms with Gasteiger partial charge in [-0.2, -0.15) is 5.10 Å². The van der Waals surface area contributed by atoms with Crippen LogP contribution in [0.4, 0.5) is 8.78 Å². The molecule has 2 aromatic rings. The van der Waals surface area contributed by atoms with Gasteiger partial charge in [-0.05, 0) is 13.0 Å². The van der Waals surface area contributed by atoms with E-state index < -0.39 is 23.3 Å². The largest absolute Gasteiger partial charge is 0.390 e. The first-order valence-corrected chi connectivity index (χ1v) is 5.62.